The summed E-state index contributed by atoms with van der Waals surface area (Å²) >= 11 is 0. The molecule has 5 nitrogen and oxygen atoms in total. The first-order chi connectivity index (χ1) is 10.2. The molecule has 3 atom stereocenters. The number of halogens is 1. The minimum Gasteiger partial charge on any atom is -0.344 e. The van der Waals surface area contributed by atoms with E-state index in [0.717, 1.165) is 0 Å². The lowest BCUT2D eigenvalue weighted by molar-refractivity contribution is -0.133. The second-order valence-corrected chi connectivity index (χ2v) is 5.91. The standard InChI is InChI=1S/C16H21N3O2.ClH/c17-8-12-9-19(16(21)14-6-7-15(20)18-14)10-13(12)11-4-2-1-3-5-11;/h1-5,12-14H,6-10,17H2,(H,18,20);1H/t12-,13+,14?;/m1./s1. The van der Waals surface area contributed by atoms with E-state index in [2.05, 4.69) is 17.4 Å². The Hall–Kier alpha value is -1.59. The van der Waals surface area contributed by atoms with Crippen LogP contribution in [0.4, 0.5) is 0 Å². The summed E-state index contributed by atoms with van der Waals surface area (Å²) in [7, 11) is 0. The van der Waals surface area contributed by atoms with Crippen molar-refractivity contribution in [1.82, 2.24) is 10.2 Å². The molecule has 2 fully saturated rings. The fraction of sp³-hybridized carbons (Fsp3) is 0.500. The van der Waals surface area contributed by atoms with E-state index < -0.39 is 0 Å². The van der Waals surface area contributed by atoms with Gasteiger partial charge in [0.15, 0.2) is 0 Å². The third kappa shape index (κ3) is 3.25. The van der Waals surface area contributed by atoms with Gasteiger partial charge in [0.1, 0.15) is 6.04 Å². The van der Waals surface area contributed by atoms with Crippen LogP contribution in [0, 0.1) is 5.92 Å². The molecule has 0 aromatic heterocycles. The molecule has 3 rings (SSSR count). The number of nitrogens with two attached hydrogens (primary N) is 1. The first-order valence-corrected chi connectivity index (χ1v) is 7.52. The Morgan fingerprint density at radius 2 is 2.00 bits per heavy atom. The number of carbonyl (C=O) groups excluding carboxylic acids is 2. The lowest BCUT2D eigenvalue weighted by Crippen LogP contribution is -2.43. The molecular weight excluding hydrogens is 302 g/mol. The molecule has 0 radical (unpaired) electrons. The fourth-order valence-corrected chi connectivity index (χ4v) is 3.39. The number of hydrogen-bond acceptors (Lipinski definition) is 3. The fourth-order valence-electron chi connectivity index (χ4n) is 3.39. The molecule has 2 saturated heterocycles. The van der Waals surface area contributed by atoms with Gasteiger partial charge in [0.2, 0.25) is 11.8 Å². The number of likely N-dealkylation sites (tertiary alicyclic amines) is 1. The smallest absolute Gasteiger partial charge is 0.245 e. The second kappa shape index (κ2) is 7.11. The number of hydrogen-bond donors (Lipinski definition) is 2. The van der Waals surface area contributed by atoms with Crippen LogP contribution < -0.4 is 11.1 Å². The summed E-state index contributed by atoms with van der Waals surface area (Å²) in [5.41, 5.74) is 7.13. The number of benzene rings is 1. The van der Waals surface area contributed by atoms with Gasteiger partial charge in [-0.05, 0) is 24.4 Å². The Bertz CT molecular complexity index is 537. The maximum Gasteiger partial charge on any atom is 0.245 e. The Morgan fingerprint density at radius 1 is 1.27 bits per heavy atom. The van der Waals surface area contributed by atoms with Crippen molar-refractivity contribution < 1.29 is 9.59 Å². The third-order valence-corrected chi connectivity index (χ3v) is 4.58. The SMILES string of the molecule is Cl.NC[C@@H]1CN(C(=O)C2CCC(=O)N2)C[C@H]1c1ccccc1. The molecule has 2 amide bonds. The lowest BCUT2D eigenvalue weighted by Gasteiger charge is -2.20. The van der Waals surface area contributed by atoms with Crippen LogP contribution in [-0.4, -0.2) is 42.4 Å². The Labute approximate surface area is 136 Å². The third-order valence-electron chi connectivity index (χ3n) is 4.58. The van der Waals surface area contributed by atoms with Crippen LogP contribution in [-0.2, 0) is 9.59 Å². The summed E-state index contributed by atoms with van der Waals surface area (Å²) < 4.78 is 0. The predicted octanol–water partition coefficient (Wildman–Crippen LogP) is 0.888. The predicted molar refractivity (Wildman–Crippen MR) is 86.7 cm³/mol. The van der Waals surface area contributed by atoms with E-state index in [1.807, 2.05) is 23.1 Å². The van der Waals surface area contributed by atoms with Gasteiger partial charge >= 0.3 is 0 Å². The summed E-state index contributed by atoms with van der Waals surface area (Å²) in [6.07, 6.45) is 1.06. The highest BCUT2D eigenvalue weighted by atomic mass is 35.5. The van der Waals surface area contributed by atoms with Crippen molar-refractivity contribution in [1.29, 1.82) is 0 Å². The van der Waals surface area contributed by atoms with E-state index in [1.54, 1.807) is 0 Å². The van der Waals surface area contributed by atoms with Gasteiger partial charge in [0.25, 0.3) is 0 Å². The van der Waals surface area contributed by atoms with E-state index in [-0.39, 0.29) is 42.1 Å². The molecule has 22 heavy (non-hydrogen) atoms. The van der Waals surface area contributed by atoms with Gasteiger partial charge in [-0.15, -0.1) is 12.4 Å². The van der Waals surface area contributed by atoms with E-state index in [1.165, 1.54) is 5.56 Å². The van der Waals surface area contributed by atoms with Gasteiger partial charge in [-0.25, -0.2) is 0 Å². The van der Waals surface area contributed by atoms with E-state index in [4.69, 9.17) is 5.73 Å². The molecule has 6 heteroatoms. The van der Waals surface area contributed by atoms with Crippen molar-refractivity contribution in [3.05, 3.63) is 35.9 Å². The van der Waals surface area contributed by atoms with Crippen molar-refractivity contribution in [2.24, 2.45) is 11.7 Å². The summed E-state index contributed by atoms with van der Waals surface area (Å²) in [5, 5.41) is 2.76. The molecule has 2 aliphatic heterocycles. The summed E-state index contributed by atoms with van der Waals surface area (Å²) in [6, 6.07) is 9.88. The number of carbonyl (C=O) groups is 2. The molecule has 1 aromatic carbocycles. The molecule has 120 valence electrons. The molecule has 0 spiro atoms. The van der Waals surface area contributed by atoms with Crippen molar-refractivity contribution in [2.75, 3.05) is 19.6 Å². The lowest BCUT2D eigenvalue weighted by atomic mass is 9.89. The zero-order valence-corrected chi connectivity index (χ0v) is 13.2. The zero-order chi connectivity index (χ0) is 14.8. The average molecular weight is 324 g/mol. The molecule has 2 heterocycles. The first kappa shape index (κ1) is 16.8. The van der Waals surface area contributed by atoms with Crippen LogP contribution in [0.1, 0.15) is 24.3 Å². The van der Waals surface area contributed by atoms with Crippen LogP contribution in [0.2, 0.25) is 0 Å². The molecular formula is C16H22ClN3O2. The highest BCUT2D eigenvalue weighted by molar-refractivity contribution is 5.91. The number of amides is 2. The van der Waals surface area contributed by atoms with Crippen LogP contribution in [0.15, 0.2) is 30.3 Å². The van der Waals surface area contributed by atoms with E-state index >= 15 is 0 Å². The number of nitrogens with zero attached hydrogens (tertiary/aromatic N) is 1. The van der Waals surface area contributed by atoms with Crippen LogP contribution in [0.3, 0.4) is 0 Å². The number of rotatable bonds is 3. The second-order valence-electron chi connectivity index (χ2n) is 5.91. The maximum atomic E-state index is 12.5. The summed E-state index contributed by atoms with van der Waals surface area (Å²) in [4.78, 5) is 25.6. The normalized spacial score (nSPS) is 27.4. The number of nitrogens with one attached hydrogen (secondary N) is 1. The molecule has 0 saturated carbocycles. The molecule has 0 aliphatic carbocycles. The summed E-state index contributed by atoms with van der Waals surface area (Å²) in [5.74, 6) is 0.589. The topological polar surface area (TPSA) is 75.4 Å². The van der Waals surface area contributed by atoms with Gasteiger partial charge in [-0.3, -0.25) is 9.59 Å². The molecule has 2 aliphatic rings. The highest BCUT2D eigenvalue weighted by Gasteiger charge is 2.39. The van der Waals surface area contributed by atoms with Crippen molar-refractivity contribution in [2.45, 2.75) is 24.8 Å². The minimum absolute atomic E-state index is 0. The Kier molecular flexibility index (Phi) is 5.42. The largest absolute Gasteiger partial charge is 0.344 e. The van der Waals surface area contributed by atoms with Gasteiger partial charge in [0.05, 0.1) is 0 Å². The van der Waals surface area contributed by atoms with E-state index in [9.17, 15) is 9.59 Å². The van der Waals surface area contributed by atoms with Gasteiger partial charge < -0.3 is 16.0 Å². The quantitative estimate of drug-likeness (QED) is 0.867. The molecule has 1 unspecified atom stereocenters. The zero-order valence-electron chi connectivity index (χ0n) is 12.4. The van der Waals surface area contributed by atoms with Crippen LogP contribution >= 0.6 is 12.4 Å². The van der Waals surface area contributed by atoms with Crippen LogP contribution in [0.5, 0.6) is 0 Å². The van der Waals surface area contributed by atoms with Crippen molar-refractivity contribution in [3.63, 3.8) is 0 Å². The molecule has 1 aromatic rings. The molecule has 0 bridgehead atoms. The van der Waals surface area contributed by atoms with Crippen molar-refractivity contribution in [3.8, 4) is 0 Å². The molecule has 3 N–H and O–H groups in total. The highest BCUT2D eigenvalue weighted by Crippen LogP contribution is 2.32. The maximum absolute atomic E-state index is 12.5. The summed E-state index contributed by atoms with van der Waals surface area (Å²) in [6.45, 7) is 1.94. The average Bonchev–Trinajstić information content (AvgIpc) is 3.13. The van der Waals surface area contributed by atoms with Crippen molar-refractivity contribution >= 4 is 24.2 Å². The van der Waals surface area contributed by atoms with Gasteiger partial charge in [0, 0.05) is 25.4 Å². The van der Waals surface area contributed by atoms with Crippen LogP contribution in [0.25, 0.3) is 0 Å². The first-order valence-electron chi connectivity index (χ1n) is 7.52. The minimum atomic E-state index is -0.342. The monoisotopic (exact) mass is 323 g/mol. The Balaban J connectivity index is 0.00000176. The van der Waals surface area contributed by atoms with Gasteiger partial charge in [-0.2, -0.15) is 0 Å². The van der Waals surface area contributed by atoms with E-state index in [0.29, 0.717) is 32.5 Å². The van der Waals surface area contributed by atoms with Gasteiger partial charge in [-0.1, -0.05) is 30.3 Å². The Morgan fingerprint density at radius 3 is 2.59 bits per heavy atom.